The van der Waals surface area contributed by atoms with Crippen molar-refractivity contribution < 1.29 is 14.4 Å². The Bertz CT molecular complexity index is 653. The Morgan fingerprint density at radius 3 is 1.69 bits per heavy atom. The summed E-state index contributed by atoms with van der Waals surface area (Å²) in [6, 6.07) is -2.59. The predicted molar refractivity (Wildman–Crippen MR) is 106 cm³/mol. The van der Waals surface area contributed by atoms with Crippen LogP contribution in [0.25, 0.3) is 0 Å². The van der Waals surface area contributed by atoms with Gasteiger partial charge in [0, 0.05) is 62.7 Å². The Balaban J connectivity index is 1.83. The molecule has 2 heterocycles. The first-order valence-electron chi connectivity index (χ1n) is 9.89. The molecule has 1 saturated carbocycles. The molecule has 0 radical (unpaired) electrons. The molecule has 3 rings (SSSR count). The summed E-state index contributed by atoms with van der Waals surface area (Å²) in [4.78, 5) is 41.1. The van der Waals surface area contributed by atoms with Crippen LogP contribution in [0.2, 0.25) is 0 Å². The number of nitrogens with one attached hydrogen (secondary N) is 1. The van der Waals surface area contributed by atoms with Gasteiger partial charge in [-0.05, 0) is 6.42 Å². The number of hydrogen-bond donors (Lipinski definition) is 7. The number of likely N-dealkylation sites (tertiary alicyclic amines) is 2. The summed E-state index contributed by atoms with van der Waals surface area (Å²) in [7, 11) is 0. The van der Waals surface area contributed by atoms with Gasteiger partial charge in [-0.3, -0.25) is 14.4 Å². The largest absolute Gasteiger partial charge is 0.351 e. The number of nitrogens with two attached hydrogens (primary N) is 6. The molecule has 3 aliphatic rings. The molecule has 0 aromatic rings. The Morgan fingerprint density at radius 1 is 0.828 bits per heavy atom. The zero-order valence-corrected chi connectivity index (χ0v) is 16.5. The second kappa shape index (κ2) is 7.78. The first-order valence-corrected chi connectivity index (χ1v) is 9.89. The highest BCUT2D eigenvalue weighted by atomic mass is 16.2. The SMILES string of the molecule is NCC(N)C(=O)NC1CC23CN(C(=O)C(N)CN)CC12CN(C(=O)C(N)CN)C3. The van der Waals surface area contributed by atoms with Gasteiger partial charge in [-0.15, -0.1) is 0 Å². The van der Waals surface area contributed by atoms with Crippen molar-refractivity contribution in [1.29, 1.82) is 0 Å². The van der Waals surface area contributed by atoms with Crippen LogP contribution in [0.3, 0.4) is 0 Å². The van der Waals surface area contributed by atoms with Gasteiger partial charge in [0.25, 0.3) is 0 Å². The summed E-state index contributed by atoms with van der Waals surface area (Å²) in [5.41, 5.74) is 33.3. The predicted octanol–water partition coefficient (Wildman–Crippen LogP) is -5.61. The summed E-state index contributed by atoms with van der Waals surface area (Å²) in [6.07, 6.45) is 0.624. The fourth-order valence-electron chi connectivity index (χ4n) is 5.21. The molecule has 13 N–H and O–H groups in total. The van der Waals surface area contributed by atoms with Gasteiger partial charge in [-0.1, -0.05) is 0 Å². The second-order valence-electron chi connectivity index (χ2n) is 8.62. The molecule has 0 spiro atoms. The minimum Gasteiger partial charge on any atom is -0.351 e. The third kappa shape index (κ3) is 3.29. The van der Waals surface area contributed by atoms with Crippen LogP contribution in [0.15, 0.2) is 0 Å². The van der Waals surface area contributed by atoms with E-state index in [2.05, 4.69) is 5.32 Å². The van der Waals surface area contributed by atoms with E-state index in [0.29, 0.717) is 32.6 Å². The van der Waals surface area contributed by atoms with Crippen LogP contribution in [0.4, 0.5) is 0 Å². The number of rotatable bonds is 7. The van der Waals surface area contributed by atoms with E-state index in [1.807, 2.05) is 0 Å². The van der Waals surface area contributed by atoms with Crippen molar-refractivity contribution in [2.24, 2.45) is 45.2 Å². The molecule has 4 unspecified atom stereocenters. The van der Waals surface area contributed by atoms with Crippen molar-refractivity contribution in [3.63, 3.8) is 0 Å². The van der Waals surface area contributed by atoms with Crippen LogP contribution >= 0.6 is 0 Å². The smallest absolute Gasteiger partial charge is 0.240 e. The van der Waals surface area contributed by atoms with E-state index in [4.69, 9.17) is 34.4 Å². The van der Waals surface area contributed by atoms with Crippen molar-refractivity contribution in [3.8, 4) is 0 Å². The van der Waals surface area contributed by atoms with Gasteiger partial charge in [0.1, 0.15) is 0 Å². The fourth-order valence-corrected chi connectivity index (χ4v) is 5.21. The highest BCUT2D eigenvalue weighted by molar-refractivity contribution is 5.85. The van der Waals surface area contributed by atoms with Crippen molar-refractivity contribution in [1.82, 2.24) is 15.1 Å². The van der Waals surface area contributed by atoms with E-state index in [0.717, 1.165) is 0 Å². The molecule has 164 valence electrons. The van der Waals surface area contributed by atoms with Gasteiger partial charge < -0.3 is 49.5 Å². The summed E-state index contributed by atoms with van der Waals surface area (Å²) in [6.45, 7) is 1.80. The minimum atomic E-state index is -0.809. The molecule has 2 aliphatic heterocycles. The van der Waals surface area contributed by atoms with Crippen molar-refractivity contribution in [2.45, 2.75) is 30.6 Å². The zero-order valence-electron chi connectivity index (χ0n) is 16.5. The van der Waals surface area contributed by atoms with E-state index >= 15 is 0 Å². The number of carbonyl (C=O) groups excluding carboxylic acids is 3. The molecule has 2 saturated heterocycles. The molecule has 3 fully saturated rings. The number of carbonyl (C=O) groups is 3. The average Bonchev–Trinajstić information content (AvgIpc) is 3.09. The topological polar surface area (TPSA) is 226 Å². The zero-order chi connectivity index (χ0) is 21.6. The second-order valence-corrected chi connectivity index (χ2v) is 8.62. The molecule has 12 nitrogen and oxygen atoms in total. The van der Waals surface area contributed by atoms with Crippen LogP contribution < -0.4 is 39.7 Å². The third-order valence-corrected chi connectivity index (χ3v) is 6.92. The lowest BCUT2D eigenvalue weighted by Crippen LogP contribution is -2.68. The maximum atomic E-state index is 12.7. The van der Waals surface area contributed by atoms with Gasteiger partial charge in [0.05, 0.1) is 18.1 Å². The maximum absolute atomic E-state index is 12.7. The molecular formula is C17H33N9O3. The van der Waals surface area contributed by atoms with Crippen LogP contribution in [0.5, 0.6) is 0 Å². The number of nitrogens with zero attached hydrogens (tertiary/aromatic N) is 2. The lowest BCUT2D eigenvalue weighted by molar-refractivity contribution is -0.133. The van der Waals surface area contributed by atoms with Crippen molar-refractivity contribution >= 4 is 17.7 Å². The van der Waals surface area contributed by atoms with Crippen LogP contribution in [0.1, 0.15) is 6.42 Å². The summed E-state index contributed by atoms with van der Waals surface area (Å²) >= 11 is 0. The molecule has 12 heteroatoms. The normalized spacial score (nSPS) is 33.4. The standard InChI is InChI=1S/C17H33N9O3/c18-2-9(21)13(27)24-12-1-16-5-25(14(28)10(22)3-19)7-17(12,16)8-26(6-16)15(29)11(23)4-20/h9-12H,1-8,18-23H2,(H,24,27). The molecule has 29 heavy (non-hydrogen) atoms. The van der Waals surface area contributed by atoms with Gasteiger partial charge in [-0.25, -0.2) is 0 Å². The summed E-state index contributed by atoms with van der Waals surface area (Å²) in [5.74, 6) is -0.780. The van der Waals surface area contributed by atoms with E-state index in [9.17, 15) is 14.4 Å². The van der Waals surface area contributed by atoms with Crippen molar-refractivity contribution in [2.75, 3.05) is 45.8 Å². The van der Waals surface area contributed by atoms with E-state index in [1.165, 1.54) is 0 Å². The van der Waals surface area contributed by atoms with Gasteiger partial charge in [-0.2, -0.15) is 0 Å². The number of amides is 3. The highest BCUT2D eigenvalue weighted by Crippen LogP contribution is 2.65. The summed E-state index contributed by atoms with van der Waals surface area (Å²) < 4.78 is 0. The molecule has 4 atom stereocenters. The van der Waals surface area contributed by atoms with Gasteiger partial charge in [0.2, 0.25) is 17.7 Å². The van der Waals surface area contributed by atoms with Gasteiger partial charge >= 0.3 is 0 Å². The van der Waals surface area contributed by atoms with E-state index in [1.54, 1.807) is 9.80 Å². The molecule has 3 amide bonds. The van der Waals surface area contributed by atoms with Gasteiger partial charge in [0.15, 0.2) is 0 Å². The monoisotopic (exact) mass is 411 g/mol. The summed E-state index contributed by atoms with van der Waals surface area (Å²) in [5, 5.41) is 2.97. The maximum Gasteiger partial charge on any atom is 0.240 e. The minimum absolute atomic E-state index is 0.0304. The molecular weight excluding hydrogens is 378 g/mol. The fraction of sp³-hybridized carbons (Fsp3) is 0.824. The molecule has 0 aromatic carbocycles. The third-order valence-electron chi connectivity index (χ3n) is 6.92. The first kappa shape index (κ1) is 21.9. The first-order chi connectivity index (χ1) is 13.6. The van der Waals surface area contributed by atoms with E-state index < -0.39 is 23.5 Å². The lowest BCUT2D eigenvalue weighted by Gasteiger charge is -2.55. The Labute approximate surface area is 169 Å². The Morgan fingerprint density at radius 2 is 1.28 bits per heavy atom. The molecule has 0 bridgehead atoms. The Kier molecular flexibility index (Phi) is 5.87. The number of hydrogen-bond acceptors (Lipinski definition) is 9. The Hall–Kier alpha value is -1.83. The van der Waals surface area contributed by atoms with Crippen molar-refractivity contribution in [3.05, 3.63) is 0 Å². The highest BCUT2D eigenvalue weighted by Gasteiger charge is 2.74. The average molecular weight is 412 g/mol. The van der Waals surface area contributed by atoms with Crippen LogP contribution in [-0.4, -0.2) is 97.5 Å². The van der Waals surface area contributed by atoms with Crippen LogP contribution in [0, 0.1) is 10.8 Å². The quantitative estimate of drug-likeness (QED) is 0.211. The van der Waals surface area contributed by atoms with Crippen LogP contribution in [-0.2, 0) is 14.4 Å². The lowest BCUT2D eigenvalue weighted by atomic mass is 9.50. The van der Waals surface area contributed by atoms with E-state index in [-0.39, 0.29) is 48.8 Å². The molecule has 0 aromatic heterocycles. The molecule has 1 aliphatic carbocycles.